The molecular formula is C29H32F2N4O9. The molecule has 2 aromatic rings. The van der Waals surface area contributed by atoms with Gasteiger partial charge in [-0.25, -0.2) is 13.6 Å². The van der Waals surface area contributed by atoms with Crippen molar-refractivity contribution in [3.05, 3.63) is 63.1 Å². The standard InChI is InChI=1S/C29H32F2N4O9/c1-4-9-41-28(39)43-15-42-25-23-27(38)34-14-21(29(8-7-16(34)2)11-22(40-3)33-44-29)35(23)13-19(24(25)36)26(37)32-12-17-5-6-18(30)10-20(17)31/h5-6,10,13,16,21H,4,7-9,11-12,14-15H2,1-3H3,(H,32,37)/t16-,21+,29-/m0/s1. The summed E-state index contributed by atoms with van der Waals surface area (Å²) >= 11 is 0. The molecule has 1 N–H and O–H groups in total. The van der Waals surface area contributed by atoms with Crippen molar-refractivity contribution >= 4 is 23.9 Å². The van der Waals surface area contributed by atoms with Gasteiger partial charge in [0.1, 0.15) is 17.2 Å². The molecule has 3 atom stereocenters. The molecule has 5 rings (SSSR count). The summed E-state index contributed by atoms with van der Waals surface area (Å²) in [5.74, 6) is -3.28. The number of fused-ring (bicyclic) bond motifs is 5. The second kappa shape index (κ2) is 12.5. The smallest absolute Gasteiger partial charge is 0.482 e. The quantitative estimate of drug-likeness (QED) is 0.348. The number of halogens is 2. The summed E-state index contributed by atoms with van der Waals surface area (Å²) in [5, 5.41) is 6.54. The highest BCUT2D eigenvalue weighted by molar-refractivity contribution is 5.99. The topological polar surface area (TPSA) is 147 Å². The maximum Gasteiger partial charge on any atom is 0.511 e. The van der Waals surface area contributed by atoms with E-state index in [4.69, 9.17) is 23.8 Å². The zero-order valence-electron chi connectivity index (χ0n) is 24.4. The summed E-state index contributed by atoms with van der Waals surface area (Å²) in [6.07, 6.45) is 2.03. The average molecular weight is 619 g/mol. The van der Waals surface area contributed by atoms with E-state index in [9.17, 15) is 28.0 Å². The lowest BCUT2D eigenvalue weighted by atomic mass is 9.85. The molecule has 44 heavy (non-hydrogen) atoms. The van der Waals surface area contributed by atoms with Crippen LogP contribution in [0.5, 0.6) is 5.75 Å². The van der Waals surface area contributed by atoms with E-state index in [-0.39, 0.29) is 43.4 Å². The Bertz CT molecular complexity index is 1560. The molecule has 1 aromatic heterocycles. The number of oxime groups is 1. The Morgan fingerprint density at radius 2 is 2.02 bits per heavy atom. The number of hydrogen-bond acceptors (Lipinski definition) is 10. The van der Waals surface area contributed by atoms with Crippen LogP contribution in [0.3, 0.4) is 0 Å². The van der Waals surface area contributed by atoms with Crippen molar-refractivity contribution in [2.24, 2.45) is 5.16 Å². The number of aromatic nitrogens is 1. The molecule has 2 bridgehead atoms. The number of carbonyl (C=O) groups is 3. The third kappa shape index (κ3) is 5.77. The van der Waals surface area contributed by atoms with Crippen molar-refractivity contribution in [3.8, 4) is 5.75 Å². The van der Waals surface area contributed by atoms with Gasteiger partial charge in [-0.3, -0.25) is 14.4 Å². The van der Waals surface area contributed by atoms with Gasteiger partial charge in [-0.2, -0.15) is 0 Å². The first kappa shape index (κ1) is 30.8. The van der Waals surface area contributed by atoms with Crippen LogP contribution in [0.1, 0.15) is 72.0 Å². The van der Waals surface area contributed by atoms with E-state index in [1.165, 1.54) is 23.9 Å². The number of rotatable bonds is 8. The summed E-state index contributed by atoms with van der Waals surface area (Å²) in [7, 11) is 1.46. The van der Waals surface area contributed by atoms with Crippen LogP contribution >= 0.6 is 0 Å². The van der Waals surface area contributed by atoms with Gasteiger partial charge >= 0.3 is 6.16 Å². The first-order valence-corrected chi connectivity index (χ1v) is 14.1. The Balaban J connectivity index is 1.56. The SMILES string of the molecule is CCCOC(=O)OCOc1c2n(cc(C(=O)NCc3ccc(F)cc3F)c1=O)[C@@H]1CN(C2=O)[C@@H](C)CC[C@]12CC(OC)=NO2. The van der Waals surface area contributed by atoms with Crippen molar-refractivity contribution in [1.29, 1.82) is 0 Å². The number of amides is 2. The predicted octanol–water partition coefficient (Wildman–Crippen LogP) is 3.25. The van der Waals surface area contributed by atoms with Gasteiger partial charge in [0.05, 0.1) is 26.2 Å². The summed E-state index contributed by atoms with van der Waals surface area (Å²) in [6, 6.07) is 2.00. The molecule has 3 aliphatic heterocycles. The van der Waals surface area contributed by atoms with E-state index in [1.807, 2.05) is 6.92 Å². The van der Waals surface area contributed by atoms with Gasteiger partial charge in [0.25, 0.3) is 11.8 Å². The third-order valence-electron chi connectivity index (χ3n) is 8.00. The van der Waals surface area contributed by atoms with E-state index in [0.717, 1.165) is 6.07 Å². The summed E-state index contributed by atoms with van der Waals surface area (Å²) < 4.78 is 49.8. The van der Waals surface area contributed by atoms with Crippen LogP contribution < -0.4 is 15.5 Å². The monoisotopic (exact) mass is 618 g/mol. The van der Waals surface area contributed by atoms with Crippen LogP contribution in [0, 0.1) is 11.6 Å². The molecule has 1 saturated heterocycles. The fourth-order valence-electron chi connectivity index (χ4n) is 5.61. The van der Waals surface area contributed by atoms with Crippen molar-refractivity contribution in [3.63, 3.8) is 0 Å². The predicted molar refractivity (Wildman–Crippen MR) is 148 cm³/mol. The van der Waals surface area contributed by atoms with Gasteiger partial charge in [-0.1, -0.05) is 18.1 Å². The maximum absolute atomic E-state index is 14.2. The maximum atomic E-state index is 14.2. The number of benzene rings is 1. The van der Waals surface area contributed by atoms with E-state index in [1.54, 1.807) is 11.8 Å². The number of ether oxygens (including phenoxy) is 4. The number of pyridine rings is 1. The van der Waals surface area contributed by atoms with Crippen molar-refractivity contribution in [1.82, 2.24) is 14.8 Å². The number of hydrogen-bond donors (Lipinski definition) is 1. The molecule has 0 unspecified atom stereocenters. The fraction of sp³-hybridized carbons (Fsp3) is 0.483. The molecule has 3 aliphatic rings. The second-order valence-corrected chi connectivity index (χ2v) is 10.8. The second-order valence-electron chi connectivity index (χ2n) is 10.8. The van der Waals surface area contributed by atoms with Gasteiger partial charge in [0.15, 0.2) is 11.3 Å². The molecule has 1 spiro atoms. The van der Waals surface area contributed by atoms with E-state index >= 15 is 0 Å². The first-order valence-electron chi connectivity index (χ1n) is 14.1. The minimum atomic E-state index is -1.05. The average Bonchev–Trinajstić information content (AvgIpc) is 3.38. The lowest BCUT2D eigenvalue weighted by Gasteiger charge is -2.42. The molecule has 0 aliphatic carbocycles. The molecule has 236 valence electrons. The minimum Gasteiger partial charge on any atom is -0.482 e. The molecule has 0 radical (unpaired) electrons. The number of carbonyl (C=O) groups excluding carboxylic acids is 3. The van der Waals surface area contributed by atoms with Crippen molar-refractivity contribution in [2.75, 3.05) is 27.1 Å². The molecular weight excluding hydrogens is 586 g/mol. The highest BCUT2D eigenvalue weighted by atomic mass is 19.1. The number of nitrogens with one attached hydrogen (secondary N) is 1. The third-order valence-corrected chi connectivity index (χ3v) is 8.00. The van der Waals surface area contributed by atoms with E-state index < -0.39 is 64.8 Å². The molecule has 1 aromatic carbocycles. The number of methoxy groups -OCH3 is 1. The van der Waals surface area contributed by atoms with Crippen LogP contribution in [-0.2, 0) is 25.6 Å². The summed E-state index contributed by atoms with van der Waals surface area (Å²) in [4.78, 5) is 60.5. The number of nitrogens with zero attached hydrogens (tertiary/aromatic N) is 3. The Morgan fingerprint density at radius 3 is 2.73 bits per heavy atom. The van der Waals surface area contributed by atoms with Gasteiger partial charge in [-0.15, -0.1) is 0 Å². The Hall–Kier alpha value is -4.69. The van der Waals surface area contributed by atoms with Gasteiger partial charge < -0.3 is 38.6 Å². The summed E-state index contributed by atoms with van der Waals surface area (Å²) in [6.45, 7) is 2.79. The molecule has 4 heterocycles. The summed E-state index contributed by atoms with van der Waals surface area (Å²) in [5.41, 5.74) is -2.56. The van der Waals surface area contributed by atoms with Gasteiger partial charge in [-0.05, 0) is 32.3 Å². The van der Waals surface area contributed by atoms with Crippen LogP contribution in [0.15, 0.2) is 34.3 Å². The normalized spacial score (nSPS) is 22.0. The lowest BCUT2D eigenvalue weighted by molar-refractivity contribution is -0.0658. The molecule has 1 fully saturated rings. The van der Waals surface area contributed by atoms with E-state index in [0.29, 0.717) is 31.2 Å². The highest BCUT2D eigenvalue weighted by Crippen LogP contribution is 2.46. The molecule has 2 amide bonds. The highest BCUT2D eigenvalue weighted by Gasteiger charge is 2.55. The largest absolute Gasteiger partial charge is 0.511 e. The Labute approximate surface area is 250 Å². The van der Waals surface area contributed by atoms with Gasteiger partial charge in [0.2, 0.25) is 23.9 Å². The van der Waals surface area contributed by atoms with Crippen LogP contribution in [0.25, 0.3) is 0 Å². The van der Waals surface area contributed by atoms with E-state index in [2.05, 4.69) is 10.5 Å². The molecule has 13 nitrogen and oxygen atoms in total. The minimum absolute atomic E-state index is 0.0144. The van der Waals surface area contributed by atoms with Crippen molar-refractivity contribution < 1.29 is 46.9 Å². The van der Waals surface area contributed by atoms with Crippen LogP contribution in [0.2, 0.25) is 0 Å². The van der Waals surface area contributed by atoms with Gasteiger partial charge in [0, 0.05) is 37.0 Å². The lowest BCUT2D eigenvalue weighted by Crippen LogP contribution is -2.52. The zero-order chi connectivity index (χ0) is 31.6. The van der Waals surface area contributed by atoms with Crippen LogP contribution in [-0.4, -0.2) is 72.0 Å². The molecule has 0 saturated carbocycles. The zero-order valence-corrected chi connectivity index (χ0v) is 24.4. The Morgan fingerprint density at radius 1 is 1.23 bits per heavy atom. The van der Waals surface area contributed by atoms with Crippen LogP contribution in [0.4, 0.5) is 13.6 Å². The Kier molecular flexibility index (Phi) is 8.74. The van der Waals surface area contributed by atoms with Crippen molar-refractivity contribution in [2.45, 2.75) is 63.8 Å². The molecule has 15 heteroatoms. The first-order chi connectivity index (χ1) is 21.1. The fourth-order valence-corrected chi connectivity index (χ4v) is 5.61.